The van der Waals surface area contributed by atoms with E-state index in [0.29, 0.717) is 5.16 Å². The highest BCUT2D eigenvalue weighted by Gasteiger charge is 2.59. The number of fused-ring (bicyclic) bond motifs is 1. The Morgan fingerprint density at radius 1 is 1.51 bits per heavy atom. The Morgan fingerprint density at radius 2 is 2.29 bits per heavy atom. The van der Waals surface area contributed by atoms with Crippen molar-refractivity contribution in [2.75, 3.05) is 25.1 Å². The predicted molar refractivity (Wildman–Crippen MR) is 124 cm³/mol. The molecule has 35 heavy (non-hydrogen) atoms. The average molecular weight is 543 g/mol. The van der Waals surface area contributed by atoms with Crippen molar-refractivity contribution in [3.05, 3.63) is 16.9 Å². The number of hydrogen-bond acceptors (Lipinski definition) is 13. The number of β-lactam (4-membered cyclic amide) rings is 1. The number of amides is 2. The van der Waals surface area contributed by atoms with E-state index in [1.54, 1.807) is 6.92 Å². The first-order valence-corrected chi connectivity index (χ1v) is 12.2. The van der Waals surface area contributed by atoms with Gasteiger partial charge in [-0.2, -0.15) is 5.21 Å². The lowest BCUT2D eigenvalue weighted by Gasteiger charge is -2.54. The molecule has 2 saturated heterocycles. The zero-order chi connectivity index (χ0) is 25.3. The van der Waals surface area contributed by atoms with Gasteiger partial charge in [0.25, 0.3) is 5.91 Å². The maximum Gasteiger partial charge on any atom is 0.313 e. The topological polar surface area (TPSA) is 215 Å². The number of thioether (sulfide) groups is 2. The van der Waals surface area contributed by atoms with Crippen molar-refractivity contribution < 1.29 is 24.3 Å². The SMILES string of the molecule is CON=C(C(=O)NC1C(=O)N2CC(C(=O)O)(C(C)Sc3nn[nH]n3)CS[C@H]12)c1cc(Cl)nc(N)n1. The Hall–Kier alpha value is -3.18. The maximum absolute atomic E-state index is 12.9. The van der Waals surface area contributed by atoms with Crippen LogP contribution >= 0.6 is 35.1 Å². The van der Waals surface area contributed by atoms with Gasteiger partial charge in [0, 0.05) is 23.6 Å². The molecule has 2 amide bonds. The molecule has 5 N–H and O–H groups in total. The van der Waals surface area contributed by atoms with E-state index in [4.69, 9.17) is 22.2 Å². The van der Waals surface area contributed by atoms with Gasteiger partial charge in [0.05, 0.1) is 0 Å². The van der Waals surface area contributed by atoms with Gasteiger partial charge in [-0.15, -0.1) is 22.0 Å². The molecule has 2 aromatic heterocycles. The van der Waals surface area contributed by atoms with E-state index in [1.165, 1.54) is 29.8 Å². The van der Waals surface area contributed by atoms with E-state index in [0.717, 1.165) is 11.8 Å². The summed E-state index contributed by atoms with van der Waals surface area (Å²) < 4.78 is 0. The molecular formula is C17H19ClN10O5S2. The number of halogens is 1. The number of aromatic amines is 1. The normalized spacial score (nSPS) is 24.8. The summed E-state index contributed by atoms with van der Waals surface area (Å²) >= 11 is 8.31. The molecule has 3 unspecified atom stereocenters. The zero-order valence-electron chi connectivity index (χ0n) is 18.2. The first kappa shape index (κ1) is 24.9. The van der Waals surface area contributed by atoms with Crippen LogP contribution in [0.5, 0.6) is 0 Å². The number of carboxylic acid groups (broad SMARTS) is 1. The van der Waals surface area contributed by atoms with E-state index in [9.17, 15) is 19.5 Å². The second kappa shape index (κ2) is 9.82. The fourth-order valence-electron chi connectivity index (χ4n) is 3.68. The van der Waals surface area contributed by atoms with Gasteiger partial charge in [-0.05, 0) is 5.21 Å². The first-order chi connectivity index (χ1) is 16.7. The van der Waals surface area contributed by atoms with Gasteiger partial charge in [0.2, 0.25) is 17.0 Å². The molecule has 18 heteroatoms. The second-order valence-corrected chi connectivity index (χ2v) is 10.4. The summed E-state index contributed by atoms with van der Waals surface area (Å²) in [4.78, 5) is 52.0. The van der Waals surface area contributed by atoms with Gasteiger partial charge in [-0.1, -0.05) is 35.4 Å². The van der Waals surface area contributed by atoms with Gasteiger partial charge >= 0.3 is 5.97 Å². The molecule has 0 aromatic carbocycles. The predicted octanol–water partition coefficient (Wildman–Crippen LogP) is -0.772. The summed E-state index contributed by atoms with van der Waals surface area (Å²) in [5, 5.41) is 29.3. The fraction of sp³-hybridized carbons (Fsp3) is 0.471. The standard InChI is InChI=1S/C17H19ClN10O5S2/c1-6(35-16-23-26-27-24-16)17(14(31)32)4-28-12(30)10(13(28)34-5-17)22-11(29)9(25-33-2)7-3-8(18)21-15(19)20-7/h3,6,10,13H,4-5H2,1-2H3,(H,22,29)(H,31,32)(H2,19,20,21)(H,23,24,26,27)/t6?,10?,13-,17?/m1/s1. The van der Waals surface area contributed by atoms with Crippen molar-refractivity contribution in [2.45, 2.75) is 28.7 Å². The number of carbonyl (C=O) groups is 3. The molecule has 0 saturated carbocycles. The summed E-state index contributed by atoms with van der Waals surface area (Å²) in [5.41, 5.74) is 4.11. The van der Waals surface area contributed by atoms with Crippen molar-refractivity contribution in [3.8, 4) is 0 Å². The van der Waals surface area contributed by atoms with Gasteiger partial charge in [-0.25, -0.2) is 9.97 Å². The molecule has 0 spiro atoms. The number of aromatic nitrogens is 6. The smallest absolute Gasteiger partial charge is 0.313 e. The molecule has 186 valence electrons. The molecule has 0 aliphatic carbocycles. The molecule has 2 fully saturated rings. The molecule has 0 bridgehead atoms. The molecule has 2 aromatic rings. The van der Waals surface area contributed by atoms with Crippen molar-refractivity contribution in [1.29, 1.82) is 0 Å². The highest BCUT2D eigenvalue weighted by molar-refractivity contribution is 8.01. The summed E-state index contributed by atoms with van der Waals surface area (Å²) in [5.74, 6) is -2.17. The van der Waals surface area contributed by atoms with E-state index in [2.05, 4.69) is 41.1 Å². The van der Waals surface area contributed by atoms with Crippen LogP contribution in [-0.4, -0.2) is 100 Å². The Kier molecular flexibility index (Phi) is 7.00. The van der Waals surface area contributed by atoms with Crippen LogP contribution in [-0.2, 0) is 19.2 Å². The Balaban J connectivity index is 1.48. The number of hydrogen-bond donors (Lipinski definition) is 4. The van der Waals surface area contributed by atoms with Crippen LogP contribution in [0.15, 0.2) is 16.4 Å². The molecule has 0 radical (unpaired) electrons. The van der Waals surface area contributed by atoms with Crippen molar-refractivity contribution in [3.63, 3.8) is 0 Å². The third-order valence-corrected chi connectivity index (χ3v) is 8.49. The van der Waals surface area contributed by atoms with Crippen LogP contribution in [0, 0.1) is 5.41 Å². The van der Waals surface area contributed by atoms with E-state index < -0.39 is 39.9 Å². The van der Waals surface area contributed by atoms with Gasteiger partial charge in [0.1, 0.15) is 34.8 Å². The summed E-state index contributed by atoms with van der Waals surface area (Å²) in [6.45, 7) is 1.71. The van der Waals surface area contributed by atoms with Crippen molar-refractivity contribution >= 4 is 64.6 Å². The number of carboxylic acids is 1. The molecule has 4 rings (SSSR count). The number of nitrogen functional groups attached to an aromatic ring is 1. The number of nitrogens with zero attached hydrogens (tertiary/aromatic N) is 7. The lowest BCUT2D eigenvalue weighted by molar-refractivity contribution is -0.158. The molecular weight excluding hydrogens is 524 g/mol. The highest BCUT2D eigenvalue weighted by atomic mass is 35.5. The number of H-pyrrole nitrogens is 1. The number of nitrogens with one attached hydrogen (secondary N) is 2. The number of anilines is 1. The number of oxime groups is 1. The highest BCUT2D eigenvalue weighted by Crippen LogP contribution is 2.47. The molecule has 15 nitrogen and oxygen atoms in total. The number of tetrazole rings is 1. The quantitative estimate of drug-likeness (QED) is 0.106. The van der Waals surface area contributed by atoms with Crippen LogP contribution in [0.2, 0.25) is 5.15 Å². The molecule has 4 heterocycles. The Bertz CT molecular complexity index is 1160. The minimum absolute atomic E-state index is 0.00402. The zero-order valence-corrected chi connectivity index (χ0v) is 20.6. The van der Waals surface area contributed by atoms with Crippen LogP contribution in [0.4, 0.5) is 5.95 Å². The summed E-state index contributed by atoms with van der Waals surface area (Å²) in [6.07, 6.45) is 0. The van der Waals surface area contributed by atoms with E-state index in [-0.39, 0.29) is 34.8 Å². The third kappa shape index (κ3) is 4.70. The second-order valence-electron chi connectivity index (χ2n) is 7.59. The Labute approximate surface area is 211 Å². The van der Waals surface area contributed by atoms with E-state index in [1.807, 2.05) is 0 Å². The van der Waals surface area contributed by atoms with Crippen LogP contribution in [0.1, 0.15) is 12.6 Å². The fourth-order valence-corrected chi connectivity index (χ4v) is 6.62. The minimum atomic E-state index is -1.25. The molecule has 4 atom stereocenters. The monoisotopic (exact) mass is 542 g/mol. The largest absolute Gasteiger partial charge is 0.481 e. The molecule has 2 aliphatic heterocycles. The lowest BCUT2D eigenvalue weighted by Crippen LogP contribution is -2.74. The van der Waals surface area contributed by atoms with Gasteiger partial charge in [0.15, 0.2) is 5.71 Å². The lowest BCUT2D eigenvalue weighted by atomic mass is 9.84. The number of carbonyl (C=O) groups excluding carboxylic acids is 2. The van der Waals surface area contributed by atoms with E-state index >= 15 is 0 Å². The first-order valence-electron chi connectivity index (χ1n) is 9.94. The van der Waals surface area contributed by atoms with Gasteiger partial charge in [-0.3, -0.25) is 14.4 Å². The summed E-state index contributed by atoms with van der Waals surface area (Å²) in [7, 11) is 1.24. The maximum atomic E-state index is 12.9. The van der Waals surface area contributed by atoms with Gasteiger partial charge < -0.3 is 25.9 Å². The summed E-state index contributed by atoms with van der Waals surface area (Å²) in [6, 6.07) is 0.389. The number of nitrogens with two attached hydrogens (primary N) is 1. The van der Waals surface area contributed by atoms with Crippen LogP contribution in [0.3, 0.4) is 0 Å². The van der Waals surface area contributed by atoms with Crippen LogP contribution < -0.4 is 11.1 Å². The average Bonchev–Trinajstić information content (AvgIpc) is 3.32. The minimum Gasteiger partial charge on any atom is -0.481 e. The molecule has 2 aliphatic rings. The van der Waals surface area contributed by atoms with Crippen LogP contribution in [0.25, 0.3) is 0 Å². The van der Waals surface area contributed by atoms with Crippen molar-refractivity contribution in [1.82, 2.24) is 40.8 Å². The number of rotatable bonds is 8. The Morgan fingerprint density at radius 3 is 2.91 bits per heavy atom. The number of aliphatic carboxylic acids is 1. The third-order valence-electron chi connectivity index (χ3n) is 5.56. The van der Waals surface area contributed by atoms with Crippen molar-refractivity contribution in [2.24, 2.45) is 10.6 Å².